The van der Waals surface area contributed by atoms with E-state index in [0.717, 1.165) is 22.3 Å². The number of rotatable bonds is 5. The molecule has 0 fully saturated rings. The van der Waals surface area contributed by atoms with Crippen LogP contribution >= 0.6 is 11.6 Å². The lowest BCUT2D eigenvalue weighted by Gasteiger charge is -2.17. The number of hydrogen-bond donors (Lipinski definition) is 0. The zero-order valence-electron chi connectivity index (χ0n) is 13.8. The molecule has 23 heavy (non-hydrogen) atoms. The molecule has 122 valence electrons. The molecule has 2 rings (SSSR count). The maximum atomic E-state index is 12.7. The Kier molecular flexibility index (Phi) is 5.97. The van der Waals surface area contributed by atoms with E-state index < -0.39 is 11.0 Å². The molecule has 3 nitrogen and oxygen atoms in total. The molecular weight excluding hydrogens is 328 g/mol. The number of aryl methyl sites for hydroxylation is 3. The van der Waals surface area contributed by atoms with Gasteiger partial charge in [0.05, 0.1) is 4.90 Å². The summed E-state index contributed by atoms with van der Waals surface area (Å²) in [7, 11) is -1.38. The highest BCUT2D eigenvalue weighted by Gasteiger charge is 2.15. The summed E-state index contributed by atoms with van der Waals surface area (Å²) in [4.78, 5) is 0.715. The Morgan fingerprint density at radius 1 is 1.09 bits per heavy atom. The molecule has 0 aromatic heterocycles. The Balaban J connectivity index is 2.34. The molecular formula is C18H21ClN2OS. The van der Waals surface area contributed by atoms with E-state index in [4.69, 9.17) is 11.6 Å². The largest absolute Gasteiger partial charge is 0.230 e. The molecule has 0 saturated carbocycles. The molecule has 0 spiro atoms. The SMILES string of the molecule is CCN(/N=C(/Cl)c1c(C)cccc1C)S(=O)c1ccc(C)cc1. The molecule has 0 amide bonds. The van der Waals surface area contributed by atoms with Crippen LogP contribution in [0.2, 0.25) is 0 Å². The van der Waals surface area contributed by atoms with E-state index in [1.54, 1.807) is 0 Å². The predicted octanol–water partition coefficient (Wildman–Crippen LogP) is 4.56. The maximum Gasteiger partial charge on any atom is 0.168 e. The first-order chi connectivity index (χ1) is 10.9. The van der Waals surface area contributed by atoms with Crippen molar-refractivity contribution in [2.75, 3.05) is 6.54 Å². The van der Waals surface area contributed by atoms with Gasteiger partial charge in [-0.2, -0.15) is 5.10 Å². The molecule has 2 aromatic carbocycles. The lowest BCUT2D eigenvalue weighted by molar-refractivity contribution is 0.496. The van der Waals surface area contributed by atoms with Gasteiger partial charge in [-0.25, -0.2) is 8.62 Å². The van der Waals surface area contributed by atoms with Crippen LogP contribution in [0, 0.1) is 20.8 Å². The van der Waals surface area contributed by atoms with Crippen LogP contribution in [0.5, 0.6) is 0 Å². The molecule has 0 radical (unpaired) electrons. The van der Waals surface area contributed by atoms with Crippen molar-refractivity contribution < 1.29 is 4.21 Å². The third kappa shape index (κ3) is 4.21. The Bertz CT molecular complexity index is 721. The molecule has 0 aliphatic carbocycles. The first kappa shape index (κ1) is 17.7. The highest BCUT2D eigenvalue weighted by Crippen LogP contribution is 2.19. The summed E-state index contributed by atoms with van der Waals surface area (Å²) in [5.74, 6) is 0. The van der Waals surface area contributed by atoms with E-state index in [9.17, 15) is 4.21 Å². The molecule has 0 N–H and O–H groups in total. The van der Waals surface area contributed by atoms with Gasteiger partial charge in [0, 0.05) is 12.1 Å². The third-order valence-electron chi connectivity index (χ3n) is 3.57. The zero-order chi connectivity index (χ0) is 17.0. The first-order valence-electron chi connectivity index (χ1n) is 7.50. The fourth-order valence-electron chi connectivity index (χ4n) is 2.29. The van der Waals surface area contributed by atoms with Gasteiger partial charge in [0.15, 0.2) is 16.2 Å². The van der Waals surface area contributed by atoms with E-state index in [-0.39, 0.29) is 0 Å². The highest BCUT2D eigenvalue weighted by molar-refractivity contribution is 7.82. The summed E-state index contributed by atoms with van der Waals surface area (Å²) in [6, 6.07) is 13.6. The summed E-state index contributed by atoms with van der Waals surface area (Å²) in [5.41, 5.74) is 4.13. The monoisotopic (exact) mass is 348 g/mol. The Hall–Kier alpha value is -1.65. The standard InChI is InChI=1S/C18H21ClN2OS/c1-5-21(23(22)16-11-9-13(2)10-12-16)20-18(19)17-14(3)7-6-8-15(17)4/h6-12H,5H2,1-4H3/b20-18+. The van der Waals surface area contributed by atoms with Crippen LogP contribution in [0.1, 0.15) is 29.2 Å². The van der Waals surface area contributed by atoms with E-state index in [1.807, 2.05) is 70.2 Å². The number of hydrogen-bond acceptors (Lipinski definition) is 2. The number of nitrogens with zero attached hydrogens (tertiary/aromatic N) is 2. The Morgan fingerprint density at radius 3 is 2.17 bits per heavy atom. The van der Waals surface area contributed by atoms with Gasteiger partial charge in [0.1, 0.15) is 0 Å². The number of halogens is 1. The van der Waals surface area contributed by atoms with E-state index >= 15 is 0 Å². The average Bonchev–Trinajstić information content (AvgIpc) is 2.52. The molecule has 1 atom stereocenters. The molecule has 0 aliphatic heterocycles. The zero-order valence-corrected chi connectivity index (χ0v) is 15.4. The smallest absolute Gasteiger partial charge is 0.168 e. The van der Waals surface area contributed by atoms with Gasteiger partial charge in [0.2, 0.25) is 0 Å². The summed E-state index contributed by atoms with van der Waals surface area (Å²) in [6.07, 6.45) is 0. The molecule has 1 unspecified atom stereocenters. The van der Waals surface area contributed by atoms with Gasteiger partial charge < -0.3 is 0 Å². The van der Waals surface area contributed by atoms with Crippen molar-refractivity contribution in [2.45, 2.75) is 32.6 Å². The normalized spacial score (nSPS) is 13.0. The highest BCUT2D eigenvalue weighted by atomic mass is 35.5. The number of hydrazone groups is 1. The number of benzene rings is 2. The Morgan fingerprint density at radius 2 is 1.65 bits per heavy atom. The molecule has 0 aliphatic rings. The van der Waals surface area contributed by atoms with E-state index in [0.29, 0.717) is 16.6 Å². The fraction of sp³-hybridized carbons (Fsp3) is 0.278. The van der Waals surface area contributed by atoms with Crippen molar-refractivity contribution >= 4 is 27.8 Å². The van der Waals surface area contributed by atoms with Gasteiger partial charge in [-0.15, -0.1) is 0 Å². The van der Waals surface area contributed by atoms with Crippen LogP contribution in [-0.2, 0) is 11.0 Å². The Labute approximate surface area is 145 Å². The predicted molar refractivity (Wildman–Crippen MR) is 98.3 cm³/mol. The van der Waals surface area contributed by atoms with Crippen LogP contribution < -0.4 is 0 Å². The van der Waals surface area contributed by atoms with Gasteiger partial charge in [0.25, 0.3) is 0 Å². The minimum absolute atomic E-state index is 0.364. The van der Waals surface area contributed by atoms with Gasteiger partial charge >= 0.3 is 0 Å². The van der Waals surface area contributed by atoms with Crippen molar-refractivity contribution in [3.63, 3.8) is 0 Å². The topological polar surface area (TPSA) is 32.7 Å². The van der Waals surface area contributed by atoms with E-state index in [1.165, 1.54) is 4.41 Å². The van der Waals surface area contributed by atoms with Crippen molar-refractivity contribution in [1.82, 2.24) is 4.41 Å². The van der Waals surface area contributed by atoms with Gasteiger partial charge in [-0.1, -0.05) is 47.5 Å². The van der Waals surface area contributed by atoms with Gasteiger partial charge in [-0.05, 0) is 51.0 Å². The summed E-state index contributed by atoms with van der Waals surface area (Å²) in [5, 5.41) is 4.76. The quantitative estimate of drug-likeness (QED) is 0.576. The summed E-state index contributed by atoms with van der Waals surface area (Å²) < 4.78 is 14.2. The lowest BCUT2D eigenvalue weighted by Crippen LogP contribution is -2.21. The third-order valence-corrected chi connectivity index (χ3v) is 5.23. The van der Waals surface area contributed by atoms with Gasteiger partial charge in [-0.3, -0.25) is 0 Å². The van der Waals surface area contributed by atoms with E-state index in [2.05, 4.69) is 5.10 Å². The van der Waals surface area contributed by atoms with Crippen molar-refractivity contribution in [3.05, 3.63) is 64.7 Å². The van der Waals surface area contributed by atoms with Crippen LogP contribution in [0.25, 0.3) is 0 Å². The minimum Gasteiger partial charge on any atom is -0.230 e. The first-order valence-corrected chi connectivity index (χ1v) is 8.99. The molecule has 0 saturated heterocycles. The van der Waals surface area contributed by atoms with Crippen LogP contribution in [0.15, 0.2) is 52.5 Å². The maximum absolute atomic E-state index is 12.7. The second-order valence-corrected chi connectivity index (χ2v) is 7.14. The second-order valence-electron chi connectivity index (χ2n) is 5.39. The summed E-state index contributed by atoms with van der Waals surface area (Å²) >= 11 is 6.42. The van der Waals surface area contributed by atoms with Crippen LogP contribution in [-0.4, -0.2) is 20.3 Å². The average molecular weight is 349 g/mol. The summed E-state index contributed by atoms with van der Waals surface area (Å²) in [6.45, 7) is 8.40. The molecule has 0 bridgehead atoms. The van der Waals surface area contributed by atoms with Crippen molar-refractivity contribution in [2.24, 2.45) is 5.10 Å². The molecule has 0 heterocycles. The second kappa shape index (κ2) is 7.75. The molecule has 2 aromatic rings. The fourth-order valence-corrected chi connectivity index (χ4v) is 3.73. The van der Waals surface area contributed by atoms with Crippen molar-refractivity contribution in [1.29, 1.82) is 0 Å². The lowest BCUT2D eigenvalue weighted by atomic mass is 10.0. The minimum atomic E-state index is -1.38. The van der Waals surface area contributed by atoms with Crippen molar-refractivity contribution in [3.8, 4) is 0 Å². The molecule has 5 heteroatoms. The van der Waals surface area contributed by atoms with Crippen LogP contribution in [0.4, 0.5) is 0 Å². The van der Waals surface area contributed by atoms with Crippen LogP contribution in [0.3, 0.4) is 0 Å².